The Hall–Kier alpha value is -1.11. The number of hydrogen-bond acceptors (Lipinski definition) is 4. The van der Waals surface area contributed by atoms with E-state index >= 15 is 0 Å². The van der Waals surface area contributed by atoms with Crippen LogP contribution in [0.25, 0.3) is 0 Å². The molecule has 6 heteroatoms. The number of rotatable bonds is 7. The predicted octanol–water partition coefficient (Wildman–Crippen LogP) is 2.00. The molecule has 5 nitrogen and oxygen atoms in total. The van der Waals surface area contributed by atoms with Gasteiger partial charge in [0.1, 0.15) is 5.75 Å². The van der Waals surface area contributed by atoms with Crippen molar-refractivity contribution in [2.75, 3.05) is 13.7 Å². The largest absolute Gasteiger partial charge is 0.496 e. The van der Waals surface area contributed by atoms with Crippen LogP contribution in [0.5, 0.6) is 5.75 Å². The summed E-state index contributed by atoms with van der Waals surface area (Å²) in [4.78, 5) is 0.210. The Morgan fingerprint density at radius 3 is 2.52 bits per heavy atom. The molecule has 118 valence electrons. The maximum Gasteiger partial charge on any atom is 0.243 e. The number of aliphatic hydroxyl groups excluding tert-OH is 1. The molecule has 1 saturated carbocycles. The average Bonchev–Trinajstić information content (AvgIpc) is 3.27. The normalized spacial score (nSPS) is 15.7. The van der Waals surface area contributed by atoms with E-state index in [0.717, 1.165) is 12.8 Å². The number of methoxy groups -OCH3 is 1. The van der Waals surface area contributed by atoms with Gasteiger partial charge in [-0.25, -0.2) is 8.42 Å². The molecule has 0 bridgehead atoms. The zero-order valence-electron chi connectivity index (χ0n) is 12.7. The van der Waals surface area contributed by atoms with E-state index in [9.17, 15) is 13.5 Å². The molecular formula is C15H23NO4S. The molecule has 0 amide bonds. The molecule has 0 atom stereocenters. The smallest absolute Gasteiger partial charge is 0.243 e. The number of sulfonamides is 1. The summed E-state index contributed by atoms with van der Waals surface area (Å²) in [5, 5.41) is 9.35. The van der Waals surface area contributed by atoms with Crippen molar-refractivity contribution in [1.82, 2.24) is 4.31 Å². The number of hydrogen-bond donors (Lipinski definition) is 1. The van der Waals surface area contributed by atoms with Crippen molar-refractivity contribution >= 4 is 10.0 Å². The van der Waals surface area contributed by atoms with Crippen LogP contribution >= 0.6 is 0 Å². The van der Waals surface area contributed by atoms with Gasteiger partial charge in [-0.2, -0.15) is 4.31 Å². The van der Waals surface area contributed by atoms with E-state index in [1.165, 1.54) is 19.2 Å². The summed E-state index contributed by atoms with van der Waals surface area (Å²) in [7, 11) is -2.05. The van der Waals surface area contributed by atoms with Gasteiger partial charge in [-0.1, -0.05) is 0 Å². The van der Waals surface area contributed by atoms with Crippen LogP contribution in [-0.2, 0) is 16.6 Å². The lowest BCUT2D eigenvalue weighted by atomic mass is 10.2. The van der Waals surface area contributed by atoms with Gasteiger partial charge < -0.3 is 9.84 Å². The summed E-state index contributed by atoms with van der Waals surface area (Å²) in [6.07, 6.45) is 2.20. The third kappa shape index (κ3) is 3.56. The van der Waals surface area contributed by atoms with Gasteiger partial charge in [-0.15, -0.1) is 0 Å². The molecule has 0 radical (unpaired) electrons. The summed E-state index contributed by atoms with van der Waals surface area (Å²) in [6.45, 7) is 4.09. The number of ether oxygens (including phenoxy) is 1. The molecule has 1 N–H and O–H groups in total. The second kappa shape index (κ2) is 6.34. The van der Waals surface area contributed by atoms with Crippen molar-refractivity contribution in [2.24, 2.45) is 5.92 Å². The van der Waals surface area contributed by atoms with Crippen LogP contribution in [0.4, 0.5) is 0 Å². The van der Waals surface area contributed by atoms with Crippen molar-refractivity contribution in [3.05, 3.63) is 23.8 Å². The molecule has 0 saturated heterocycles. The number of aliphatic hydroxyl groups is 1. The summed E-state index contributed by atoms with van der Waals surface area (Å²) < 4.78 is 32.3. The lowest BCUT2D eigenvalue weighted by Gasteiger charge is -2.26. The number of nitrogens with zero attached hydrogens (tertiary/aromatic N) is 1. The lowest BCUT2D eigenvalue weighted by molar-refractivity contribution is 0.273. The van der Waals surface area contributed by atoms with Crippen molar-refractivity contribution < 1.29 is 18.3 Å². The number of benzene rings is 1. The first-order valence-corrected chi connectivity index (χ1v) is 8.63. The van der Waals surface area contributed by atoms with Crippen molar-refractivity contribution in [2.45, 2.75) is 44.2 Å². The Labute approximate surface area is 126 Å². The molecule has 0 aliphatic heterocycles. The molecule has 1 fully saturated rings. The van der Waals surface area contributed by atoms with Crippen molar-refractivity contribution in [3.63, 3.8) is 0 Å². The Balaban J connectivity index is 2.36. The highest BCUT2D eigenvalue weighted by Crippen LogP contribution is 2.33. The van der Waals surface area contributed by atoms with Crippen LogP contribution in [0.15, 0.2) is 23.1 Å². The van der Waals surface area contributed by atoms with Gasteiger partial charge in [0.05, 0.1) is 18.6 Å². The molecule has 0 aromatic heterocycles. The maximum absolute atomic E-state index is 12.8. The molecule has 1 aromatic rings. The van der Waals surface area contributed by atoms with Gasteiger partial charge in [0.2, 0.25) is 10.0 Å². The molecular weight excluding hydrogens is 290 g/mol. The Morgan fingerprint density at radius 2 is 2.05 bits per heavy atom. The summed E-state index contributed by atoms with van der Waals surface area (Å²) in [5.74, 6) is 0.979. The van der Waals surface area contributed by atoms with E-state index in [1.807, 2.05) is 13.8 Å². The monoisotopic (exact) mass is 313 g/mol. The molecule has 21 heavy (non-hydrogen) atoms. The fraction of sp³-hybridized carbons (Fsp3) is 0.600. The van der Waals surface area contributed by atoms with Crippen LogP contribution in [0.1, 0.15) is 32.3 Å². The molecule has 0 spiro atoms. The SMILES string of the molecule is COc1ccc(S(=O)(=O)N(CC2CC2)C(C)C)cc1CO. The summed E-state index contributed by atoms with van der Waals surface area (Å²) >= 11 is 0. The van der Waals surface area contributed by atoms with Gasteiger partial charge in [-0.3, -0.25) is 0 Å². The Kier molecular flexibility index (Phi) is 4.91. The maximum atomic E-state index is 12.8. The summed E-state index contributed by atoms with van der Waals surface area (Å²) in [6, 6.07) is 4.54. The average molecular weight is 313 g/mol. The van der Waals surface area contributed by atoms with Crippen LogP contribution in [0.2, 0.25) is 0 Å². The van der Waals surface area contributed by atoms with E-state index in [4.69, 9.17) is 4.74 Å². The minimum atomic E-state index is -3.55. The highest BCUT2D eigenvalue weighted by atomic mass is 32.2. The first-order valence-electron chi connectivity index (χ1n) is 7.19. The first-order chi connectivity index (χ1) is 9.90. The quantitative estimate of drug-likeness (QED) is 0.836. The zero-order chi connectivity index (χ0) is 15.6. The standard InChI is InChI=1S/C15H23NO4S/c1-11(2)16(9-12-4-5-12)21(18,19)14-6-7-15(20-3)13(8-14)10-17/h6-8,11-12,17H,4-5,9-10H2,1-3H3. The predicted molar refractivity (Wildman–Crippen MR) is 80.7 cm³/mol. The van der Waals surface area contributed by atoms with E-state index in [-0.39, 0.29) is 17.5 Å². The molecule has 2 rings (SSSR count). The molecule has 1 aromatic carbocycles. The van der Waals surface area contributed by atoms with E-state index in [2.05, 4.69) is 0 Å². The van der Waals surface area contributed by atoms with Gasteiger partial charge in [0.25, 0.3) is 0 Å². The zero-order valence-corrected chi connectivity index (χ0v) is 13.6. The minimum Gasteiger partial charge on any atom is -0.496 e. The topological polar surface area (TPSA) is 66.8 Å². The minimum absolute atomic E-state index is 0.0877. The summed E-state index contributed by atoms with van der Waals surface area (Å²) in [5.41, 5.74) is 0.480. The van der Waals surface area contributed by atoms with Gasteiger partial charge in [0.15, 0.2) is 0 Å². The van der Waals surface area contributed by atoms with Gasteiger partial charge >= 0.3 is 0 Å². The van der Waals surface area contributed by atoms with Crippen molar-refractivity contribution in [3.8, 4) is 5.75 Å². The van der Waals surface area contributed by atoms with Crippen molar-refractivity contribution in [1.29, 1.82) is 0 Å². The van der Waals surface area contributed by atoms with E-state index in [1.54, 1.807) is 10.4 Å². The molecule has 0 unspecified atom stereocenters. The second-order valence-electron chi connectivity index (χ2n) is 5.74. The first kappa shape index (κ1) is 16.3. The Morgan fingerprint density at radius 1 is 1.38 bits per heavy atom. The highest BCUT2D eigenvalue weighted by molar-refractivity contribution is 7.89. The van der Waals surface area contributed by atoms with Crippen LogP contribution in [0.3, 0.4) is 0 Å². The van der Waals surface area contributed by atoms with Crippen LogP contribution in [0, 0.1) is 5.92 Å². The van der Waals surface area contributed by atoms with Crippen LogP contribution in [-0.4, -0.2) is 37.5 Å². The molecule has 1 aliphatic carbocycles. The van der Waals surface area contributed by atoms with Crippen LogP contribution < -0.4 is 4.74 Å². The molecule has 1 aliphatic rings. The highest BCUT2D eigenvalue weighted by Gasteiger charge is 2.33. The molecule has 0 heterocycles. The van der Waals surface area contributed by atoms with Gasteiger partial charge in [-0.05, 0) is 50.8 Å². The Bertz CT molecular complexity index is 594. The van der Waals surface area contributed by atoms with Gasteiger partial charge in [0, 0.05) is 18.2 Å². The third-order valence-corrected chi connectivity index (χ3v) is 5.78. The second-order valence-corrected chi connectivity index (χ2v) is 7.63. The fourth-order valence-corrected chi connectivity index (χ4v) is 4.08. The fourth-order valence-electron chi connectivity index (χ4n) is 2.32. The third-order valence-electron chi connectivity index (χ3n) is 3.74. The van der Waals surface area contributed by atoms with E-state index in [0.29, 0.717) is 23.8 Å². The lowest BCUT2D eigenvalue weighted by Crippen LogP contribution is -2.38. The van der Waals surface area contributed by atoms with E-state index < -0.39 is 10.0 Å².